The zero-order valence-electron chi connectivity index (χ0n) is 9.15. The molecule has 6 heteroatoms. The van der Waals surface area contributed by atoms with Gasteiger partial charge in [0, 0.05) is 25.2 Å². The van der Waals surface area contributed by atoms with Gasteiger partial charge in [0.05, 0.1) is 6.26 Å². The van der Waals surface area contributed by atoms with Crippen LogP contribution in [0.3, 0.4) is 0 Å². The molecule has 1 heterocycles. The first-order chi connectivity index (χ1) is 6.27. The highest BCUT2D eigenvalue weighted by Crippen LogP contribution is 2.26. The van der Waals surface area contributed by atoms with Crippen LogP contribution in [0.1, 0.15) is 13.8 Å². The highest BCUT2D eigenvalue weighted by Gasteiger charge is 2.38. The molecule has 4 nitrogen and oxygen atoms in total. The lowest BCUT2D eigenvalue weighted by atomic mass is 10.0. The Morgan fingerprint density at radius 2 is 1.86 bits per heavy atom. The predicted octanol–water partition coefficient (Wildman–Crippen LogP) is 0.620. The van der Waals surface area contributed by atoms with Crippen molar-refractivity contribution in [3.63, 3.8) is 0 Å². The van der Waals surface area contributed by atoms with E-state index in [0.29, 0.717) is 6.54 Å². The molecule has 1 aliphatic rings. The van der Waals surface area contributed by atoms with E-state index in [4.69, 9.17) is 0 Å². The van der Waals surface area contributed by atoms with Crippen LogP contribution in [0.2, 0.25) is 0 Å². The van der Waals surface area contributed by atoms with Gasteiger partial charge in [0.15, 0.2) is 0 Å². The first-order valence-corrected chi connectivity index (χ1v) is 7.57. The molecule has 0 amide bonds. The SMILES string of the molecule is CSN1CCN(S(C)(=O)=O)C(C)(C)C1. The van der Waals surface area contributed by atoms with Gasteiger partial charge in [-0.05, 0) is 20.1 Å². The number of hydrogen-bond acceptors (Lipinski definition) is 4. The van der Waals surface area contributed by atoms with Crippen molar-refractivity contribution in [2.24, 2.45) is 0 Å². The first kappa shape index (κ1) is 12.3. The Hall–Kier alpha value is 0.220. The third-order valence-electron chi connectivity index (χ3n) is 2.45. The van der Waals surface area contributed by atoms with Gasteiger partial charge >= 0.3 is 0 Å². The van der Waals surface area contributed by atoms with Crippen molar-refractivity contribution in [3.05, 3.63) is 0 Å². The highest BCUT2D eigenvalue weighted by atomic mass is 32.2. The molecule has 1 rings (SSSR count). The van der Waals surface area contributed by atoms with Crippen LogP contribution in [0.15, 0.2) is 0 Å². The third-order valence-corrected chi connectivity index (χ3v) is 4.76. The van der Waals surface area contributed by atoms with Gasteiger partial charge in [0.25, 0.3) is 0 Å². The van der Waals surface area contributed by atoms with E-state index in [1.165, 1.54) is 6.26 Å². The molecule has 0 atom stereocenters. The average molecular weight is 238 g/mol. The van der Waals surface area contributed by atoms with Crippen molar-refractivity contribution >= 4 is 22.0 Å². The first-order valence-electron chi connectivity index (χ1n) is 4.54. The van der Waals surface area contributed by atoms with Crippen LogP contribution >= 0.6 is 11.9 Å². The van der Waals surface area contributed by atoms with Gasteiger partial charge < -0.3 is 0 Å². The molecular weight excluding hydrogens is 220 g/mol. The van der Waals surface area contributed by atoms with Crippen LogP contribution in [-0.4, -0.2) is 54.7 Å². The molecule has 0 bridgehead atoms. The van der Waals surface area contributed by atoms with Crippen molar-refractivity contribution < 1.29 is 8.42 Å². The molecule has 0 radical (unpaired) electrons. The zero-order valence-corrected chi connectivity index (χ0v) is 10.8. The van der Waals surface area contributed by atoms with E-state index in [-0.39, 0.29) is 5.54 Å². The molecule has 1 saturated heterocycles. The fourth-order valence-electron chi connectivity index (χ4n) is 1.87. The van der Waals surface area contributed by atoms with Gasteiger partial charge in [-0.3, -0.25) is 0 Å². The maximum absolute atomic E-state index is 11.5. The Morgan fingerprint density at radius 3 is 2.21 bits per heavy atom. The summed E-state index contributed by atoms with van der Waals surface area (Å²) in [7, 11) is -3.07. The van der Waals surface area contributed by atoms with E-state index in [0.717, 1.165) is 13.1 Å². The second kappa shape index (κ2) is 4.00. The van der Waals surface area contributed by atoms with Gasteiger partial charge in [-0.25, -0.2) is 12.7 Å². The van der Waals surface area contributed by atoms with Gasteiger partial charge in [0.2, 0.25) is 10.0 Å². The molecule has 0 aromatic carbocycles. The van der Waals surface area contributed by atoms with E-state index >= 15 is 0 Å². The normalized spacial score (nSPS) is 25.1. The fourth-order valence-corrected chi connectivity index (χ4v) is 3.94. The Morgan fingerprint density at radius 1 is 1.29 bits per heavy atom. The Labute approximate surface area is 90.8 Å². The Bertz CT molecular complexity index is 300. The summed E-state index contributed by atoms with van der Waals surface area (Å²) in [6.45, 7) is 6.11. The summed E-state index contributed by atoms with van der Waals surface area (Å²) >= 11 is 1.67. The van der Waals surface area contributed by atoms with Crippen LogP contribution in [0.5, 0.6) is 0 Å². The molecule has 1 fully saturated rings. The van der Waals surface area contributed by atoms with Crippen molar-refractivity contribution in [1.82, 2.24) is 8.61 Å². The minimum atomic E-state index is -3.07. The zero-order chi connectivity index (χ0) is 11.0. The number of rotatable bonds is 2. The van der Waals surface area contributed by atoms with E-state index in [9.17, 15) is 8.42 Å². The molecular formula is C8H18N2O2S2. The summed E-state index contributed by atoms with van der Waals surface area (Å²) < 4.78 is 26.8. The molecule has 0 aromatic heterocycles. The molecule has 0 unspecified atom stereocenters. The van der Waals surface area contributed by atoms with Crippen LogP contribution in [0.25, 0.3) is 0 Å². The molecule has 84 valence electrons. The molecule has 1 aliphatic heterocycles. The maximum Gasteiger partial charge on any atom is 0.211 e. The van der Waals surface area contributed by atoms with Gasteiger partial charge in [0.1, 0.15) is 0 Å². The van der Waals surface area contributed by atoms with E-state index in [1.807, 2.05) is 20.1 Å². The Balaban J connectivity index is 2.83. The van der Waals surface area contributed by atoms with Gasteiger partial charge in [-0.2, -0.15) is 4.31 Å². The second-order valence-electron chi connectivity index (χ2n) is 4.19. The molecule has 0 saturated carbocycles. The largest absolute Gasteiger partial charge is 0.248 e. The Kier molecular flexibility index (Phi) is 3.51. The topological polar surface area (TPSA) is 40.6 Å². The van der Waals surface area contributed by atoms with E-state index < -0.39 is 10.0 Å². The summed E-state index contributed by atoms with van der Waals surface area (Å²) in [6, 6.07) is 0. The predicted molar refractivity (Wildman–Crippen MR) is 60.7 cm³/mol. The average Bonchev–Trinajstić information content (AvgIpc) is 1.99. The van der Waals surface area contributed by atoms with Crippen LogP contribution in [0.4, 0.5) is 0 Å². The summed E-state index contributed by atoms with van der Waals surface area (Å²) in [6.07, 6.45) is 3.30. The van der Waals surface area contributed by atoms with Gasteiger partial charge in [-0.1, -0.05) is 11.9 Å². The number of piperazine rings is 1. The quantitative estimate of drug-likeness (QED) is 0.661. The van der Waals surface area contributed by atoms with E-state index in [2.05, 4.69) is 4.31 Å². The fraction of sp³-hybridized carbons (Fsp3) is 1.00. The van der Waals surface area contributed by atoms with Crippen molar-refractivity contribution in [3.8, 4) is 0 Å². The third kappa shape index (κ3) is 2.62. The van der Waals surface area contributed by atoms with E-state index in [1.54, 1.807) is 16.3 Å². The highest BCUT2D eigenvalue weighted by molar-refractivity contribution is 7.96. The van der Waals surface area contributed by atoms with Gasteiger partial charge in [-0.15, -0.1) is 0 Å². The maximum atomic E-state index is 11.5. The smallest absolute Gasteiger partial charge is 0.211 e. The second-order valence-corrected chi connectivity index (χ2v) is 6.98. The number of hydrogen-bond donors (Lipinski definition) is 0. The van der Waals surface area contributed by atoms with Crippen molar-refractivity contribution in [2.45, 2.75) is 19.4 Å². The van der Waals surface area contributed by atoms with Crippen LogP contribution in [0, 0.1) is 0 Å². The molecule has 14 heavy (non-hydrogen) atoms. The van der Waals surface area contributed by atoms with Crippen LogP contribution in [-0.2, 0) is 10.0 Å². The van der Waals surface area contributed by atoms with Crippen molar-refractivity contribution in [2.75, 3.05) is 32.1 Å². The molecule has 0 N–H and O–H groups in total. The lowest BCUT2D eigenvalue weighted by Gasteiger charge is -2.44. The summed E-state index contributed by atoms with van der Waals surface area (Å²) in [5, 5.41) is 0. The lowest BCUT2D eigenvalue weighted by Crippen LogP contribution is -2.59. The monoisotopic (exact) mass is 238 g/mol. The summed E-state index contributed by atoms with van der Waals surface area (Å²) in [5.41, 5.74) is -0.297. The number of sulfonamides is 1. The summed E-state index contributed by atoms with van der Waals surface area (Å²) in [5.74, 6) is 0. The van der Waals surface area contributed by atoms with Crippen molar-refractivity contribution in [1.29, 1.82) is 0 Å². The minimum Gasteiger partial charge on any atom is -0.248 e. The molecule has 0 aromatic rings. The molecule has 0 aliphatic carbocycles. The minimum absolute atomic E-state index is 0.297. The van der Waals surface area contributed by atoms with Crippen LogP contribution < -0.4 is 0 Å². The molecule has 0 spiro atoms. The number of nitrogens with zero attached hydrogens (tertiary/aromatic N) is 2. The summed E-state index contributed by atoms with van der Waals surface area (Å²) in [4.78, 5) is 0. The standard InChI is InChI=1S/C8H18N2O2S2/c1-8(2)7-9(13-3)5-6-10(8)14(4,11)12/h5-7H2,1-4H3. The lowest BCUT2D eigenvalue weighted by molar-refractivity contribution is 0.140.